The largest absolute Gasteiger partial charge is 0.466 e. The molecule has 0 unspecified atom stereocenters. The fourth-order valence-corrected chi connectivity index (χ4v) is 2.82. The third kappa shape index (κ3) is 4.72. The lowest BCUT2D eigenvalue weighted by molar-refractivity contribution is -0.134. The molecule has 4 nitrogen and oxygen atoms in total. The summed E-state index contributed by atoms with van der Waals surface area (Å²) in [7, 11) is 1.35. The number of amides is 1. The van der Waals surface area contributed by atoms with Gasteiger partial charge < -0.3 is 10.1 Å². The van der Waals surface area contributed by atoms with Gasteiger partial charge in [-0.25, -0.2) is 4.79 Å². The molecule has 1 aliphatic rings. The molecule has 0 bridgehead atoms. The van der Waals surface area contributed by atoms with Crippen molar-refractivity contribution in [1.82, 2.24) is 0 Å². The molecule has 1 aliphatic carbocycles. The van der Waals surface area contributed by atoms with Gasteiger partial charge in [-0.1, -0.05) is 25.3 Å². The molecule has 1 saturated carbocycles. The van der Waals surface area contributed by atoms with Gasteiger partial charge in [0.1, 0.15) is 0 Å². The van der Waals surface area contributed by atoms with Gasteiger partial charge in [-0.15, -0.1) is 0 Å². The first-order valence-electron chi connectivity index (χ1n) is 7.77. The normalized spacial score (nSPS) is 15.7. The number of nitrogens with one attached hydrogen (secondary N) is 1. The van der Waals surface area contributed by atoms with E-state index < -0.39 is 5.97 Å². The number of anilines is 1. The number of benzene rings is 1. The zero-order chi connectivity index (χ0) is 15.9. The Balaban J connectivity index is 2.07. The van der Waals surface area contributed by atoms with Crippen molar-refractivity contribution in [3.63, 3.8) is 0 Å². The van der Waals surface area contributed by atoms with Crippen molar-refractivity contribution in [2.75, 3.05) is 12.4 Å². The highest BCUT2D eigenvalue weighted by molar-refractivity contribution is 5.93. The van der Waals surface area contributed by atoms with E-state index in [2.05, 4.69) is 10.1 Å². The van der Waals surface area contributed by atoms with Gasteiger partial charge in [0.25, 0.3) is 0 Å². The molecule has 0 aliphatic heterocycles. The molecule has 0 radical (unpaired) electrons. The summed E-state index contributed by atoms with van der Waals surface area (Å²) in [5.74, 6) is -0.161. The van der Waals surface area contributed by atoms with E-state index in [-0.39, 0.29) is 11.8 Å². The van der Waals surface area contributed by atoms with Gasteiger partial charge in [0.2, 0.25) is 5.91 Å². The first-order valence-corrected chi connectivity index (χ1v) is 7.77. The average Bonchev–Trinajstić information content (AvgIpc) is 2.53. The highest BCUT2D eigenvalue weighted by Gasteiger charge is 2.21. The summed E-state index contributed by atoms with van der Waals surface area (Å²) in [6.07, 6.45) is 8.53. The summed E-state index contributed by atoms with van der Waals surface area (Å²) < 4.78 is 4.58. The van der Waals surface area contributed by atoms with E-state index in [9.17, 15) is 9.59 Å². The second-order valence-corrected chi connectivity index (χ2v) is 5.81. The molecule has 118 valence electrons. The maximum absolute atomic E-state index is 12.3. The van der Waals surface area contributed by atoms with Crippen LogP contribution in [0.4, 0.5) is 5.69 Å². The molecule has 0 atom stereocenters. The van der Waals surface area contributed by atoms with E-state index >= 15 is 0 Å². The Morgan fingerprint density at radius 2 is 1.91 bits per heavy atom. The van der Waals surface area contributed by atoms with Crippen LogP contribution in [0.2, 0.25) is 0 Å². The fourth-order valence-electron chi connectivity index (χ4n) is 2.82. The van der Waals surface area contributed by atoms with Crippen molar-refractivity contribution in [2.24, 2.45) is 5.92 Å². The molecule has 1 aromatic carbocycles. The third-order valence-electron chi connectivity index (χ3n) is 3.96. The summed E-state index contributed by atoms with van der Waals surface area (Å²) in [4.78, 5) is 23.5. The van der Waals surface area contributed by atoms with Crippen molar-refractivity contribution in [3.8, 4) is 0 Å². The lowest BCUT2D eigenvalue weighted by atomic mass is 9.88. The minimum Gasteiger partial charge on any atom is -0.466 e. The topological polar surface area (TPSA) is 55.4 Å². The maximum atomic E-state index is 12.3. The molecule has 0 saturated heterocycles. The SMILES string of the molecule is COC(=O)/C=C/c1cc(C)cc(NC(=O)C2CCCCC2)c1. The molecule has 1 aromatic rings. The number of hydrogen-bond donors (Lipinski definition) is 1. The van der Waals surface area contributed by atoms with Gasteiger partial charge in [0.05, 0.1) is 7.11 Å². The Bertz CT molecular complexity index is 572. The second-order valence-electron chi connectivity index (χ2n) is 5.81. The van der Waals surface area contributed by atoms with Crippen LogP contribution in [-0.2, 0) is 14.3 Å². The van der Waals surface area contributed by atoms with Crippen molar-refractivity contribution >= 4 is 23.6 Å². The molecular formula is C18H23NO3. The molecule has 0 aromatic heterocycles. The monoisotopic (exact) mass is 301 g/mol. The first-order chi connectivity index (χ1) is 10.6. The minimum atomic E-state index is -0.394. The molecule has 1 N–H and O–H groups in total. The average molecular weight is 301 g/mol. The zero-order valence-corrected chi connectivity index (χ0v) is 13.2. The molecule has 4 heteroatoms. The first kappa shape index (κ1) is 16.3. The lowest BCUT2D eigenvalue weighted by Gasteiger charge is -2.21. The van der Waals surface area contributed by atoms with Gasteiger partial charge in [0.15, 0.2) is 0 Å². The summed E-state index contributed by atoms with van der Waals surface area (Å²) in [6.45, 7) is 1.96. The van der Waals surface area contributed by atoms with Crippen LogP contribution < -0.4 is 5.32 Å². The smallest absolute Gasteiger partial charge is 0.330 e. The summed E-state index contributed by atoms with van der Waals surface area (Å²) in [5, 5.41) is 3.01. The van der Waals surface area contributed by atoms with Gasteiger partial charge in [0, 0.05) is 17.7 Å². The van der Waals surface area contributed by atoms with Crippen LogP contribution in [0, 0.1) is 12.8 Å². The Hall–Kier alpha value is -2.10. The van der Waals surface area contributed by atoms with Crippen LogP contribution in [0.1, 0.15) is 43.2 Å². The number of carbonyl (C=O) groups excluding carboxylic acids is 2. The van der Waals surface area contributed by atoms with E-state index in [4.69, 9.17) is 0 Å². The van der Waals surface area contributed by atoms with Gasteiger partial charge in [-0.2, -0.15) is 0 Å². The fraction of sp³-hybridized carbons (Fsp3) is 0.444. The Morgan fingerprint density at radius 3 is 2.59 bits per heavy atom. The van der Waals surface area contributed by atoms with Crippen molar-refractivity contribution < 1.29 is 14.3 Å². The van der Waals surface area contributed by atoms with Gasteiger partial charge >= 0.3 is 5.97 Å². The van der Waals surface area contributed by atoms with Crippen LogP contribution in [0.15, 0.2) is 24.3 Å². The lowest BCUT2D eigenvalue weighted by Crippen LogP contribution is -2.24. The Morgan fingerprint density at radius 1 is 1.18 bits per heavy atom. The van der Waals surface area contributed by atoms with E-state index in [1.807, 2.05) is 25.1 Å². The number of methoxy groups -OCH3 is 1. The quantitative estimate of drug-likeness (QED) is 0.681. The van der Waals surface area contributed by atoms with E-state index in [0.29, 0.717) is 0 Å². The highest BCUT2D eigenvalue weighted by Crippen LogP contribution is 2.25. The molecule has 1 amide bonds. The van der Waals surface area contributed by atoms with E-state index in [1.165, 1.54) is 19.6 Å². The number of carbonyl (C=O) groups is 2. The van der Waals surface area contributed by atoms with Crippen LogP contribution in [0.25, 0.3) is 6.08 Å². The molecule has 1 fully saturated rings. The second kappa shape index (κ2) is 7.78. The summed E-state index contributed by atoms with van der Waals surface area (Å²) in [6, 6.07) is 5.76. The molecule has 22 heavy (non-hydrogen) atoms. The predicted molar refractivity (Wildman–Crippen MR) is 87.4 cm³/mol. The van der Waals surface area contributed by atoms with Crippen molar-refractivity contribution in [3.05, 3.63) is 35.4 Å². The van der Waals surface area contributed by atoms with Gasteiger partial charge in [-0.3, -0.25) is 4.79 Å². The van der Waals surface area contributed by atoms with Crippen LogP contribution >= 0.6 is 0 Å². The number of esters is 1. The van der Waals surface area contributed by atoms with Crippen molar-refractivity contribution in [2.45, 2.75) is 39.0 Å². The van der Waals surface area contributed by atoms with E-state index in [1.54, 1.807) is 6.08 Å². The molecule has 2 rings (SSSR count). The van der Waals surface area contributed by atoms with Crippen LogP contribution in [0.5, 0.6) is 0 Å². The number of hydrogen-bond acceptors (Lipinski definition) is 3. The Labute approximate surface area is 131 Å². The highest BCUT2D eigenvalue weighted by atomic mass is 16.5. The standard InChI is InChI=1S/C18H23NO3/c1-13-10-14(8-9-17(20)22-2)12-16(11-13)19-18(21)15-6-4-3-5-7-15/h8-12,15H,3-7H2,1-2H3,(H,19,21)/b9-8+. The third-order valence-corrected chi connectivity index (χ3v) is 3.96. The predicted octanol–water partition coefficient (Wildman–Crippen LogP) is 3.70. The van der Waals surface area contributed by atoms with Crippen molar-refractivity contribution in [1.29, 1.82) is 0 Å². The van der Waals surface area contributed by atoms with E-state index in [0.717, 1.165) is 42.5 Å². The molecular weight excluding hydrogens is 278 g/mol. The maximum Gasteiger partial charge on any atom is 0.330 e. The number of ether oxygens (including phenoxy) is 1. The number of aryl methyl sites for hydroxylation is 1. The zero-order valence-electron chi connectivity index (χ0n) is 13.2. The van der Waals surface area contributed by atoms with Crippen LogP contribution in [0.3, 0.4) is 0 Å². The summed E-state index contributed by atoms with van der Waals surface area (Å²) in [5.41, 5.74) is 2.68. The van der Waals surface area contributed by atoms with Crippen LogP contribution in [-0.4, -0.2) is 19.0 Å². The minimum absolute atomic E-state index is 0.105. The van der Waals surface area contributed by atoms with Gasteiger partial charge in [-0.05, 0) is 49.1 Å². The molecule has 0 heterocycles. The number of rotatable bonds is 4. The Kier molecular flexibility index (Phi) is 5.75. The molecule has 0 spiro atoms. The summed E-state index contributed by atoms with van der Waals surface area (Å²) >= 11 is 0.